The highest BCUT2D eigenvalue weighted by Gasteiger charge is 2.49. The lowest BCUT2D eigenvalue weighted by molar-refractivity contribution is -0.976. The van der Waals surface area contributed by atoms with Gasteiger partial charge in [-0.2, -0.15) is 8.42 Å². The molecular formula is C18H22NO3S+. The normalized spacial score (nSPS) is 24.4. The summed E-state index contributed by atoms with van der Waals surface area (Å²) in [7, 11) is -1.24. The zero-order valence-corrected chi connectivity index (χ0v) is 14.2. The highest BCUT2D eigenvalue weighted by molar-refractivity contribution is 7.86. The van der Waals surface area contributed by atoms with Crippen molar-refractivity contribution in [3.8, 4) is 0 Å². The average Bonchev–Trinajstić information content (AvgIpc) is 2.46. The van der Waals surface area contributed by atoms with Crippen LogP contribution in [0.5, 0.6) is 0 Å². The molecule has 1 heterocycles. The first-order valence-electron chi connectivity index (χ1n) is 7.70. The summed E-state index contributed by atoms with van der Waals surface area (Å²) in [5.41, 5.74) is 2.47. The minimum absolute atomic E-state index is 0.178. The number of hydrogen-bond acceptors (Lipinski definition) is 3. The maximum atomic E-state index is 11.3. The standard InChI is InChI=1S/C18H22NO3S/c1-19(13-17(14-19)22-23(2,20)21)18(15-9-5-3-6-10-15)16-11-7-4-8-12-16/h3-12,17-18H,13-14H2,1-2H3/q+1. The minimum atomic E-state index is -3.40. The van der Waals surface area contributed by atoms with Crippen LogP contribution in [0.3, 0.4) is 0 Å². The van der Waals surface area contributed by atoms with Gasteiger partial charge in [-0.1, -0.05) is 60.7 Å². The molecule has 1 aliphatic heterocycles. The smallest absolute Gasteiger partial charge is 0.265 e. The van der Waals surface area contributed by atoms with Gasteiger partial charge in [0, 0.05) is 11.1 Å². The van der Waals surface area contributed by atoms with Crippen molar-refractivity contribution >= 4 is 10.1 Å². The average molecular weight is 332 g/mol. The van der Waals surface area contributed by atoms with Gasteiger partial charge in [0.1, 0.15) is 19.1 Å². The topological polar surface area (TPSA) is 43.4 Å². The summed E-state index contributed by atoms with van der Waals surface area (Å²) < 4.78 is 28.5. The van der Waals surface area contributed by atoms with E-state index < -0.39 is 10.1 Å². The number of nitrogens with zero attached hydrogens (tertiary/aromatic N) is 1. The second-order valence-electron chi connectivity index (χ2n) is 6.49. The SMILES string of the molecule is C[N+]1(C(c2ccccc2)c2ccccc2)CC(OS(C)(=O)=O)C1. The molecule has 0 saturated carbocycles. The summed E-state index contributed by atoms with van der Waals surface area (Å²) in [6.07, 6.45) is 0.881. The molecule has 2 aromatic rings. The van der Waals surface area contributed by atoms with E-state index in [2.05, 4.69) is 31.3 Å². The molecule has 0 radical (unpaired) electrons. The van der Waals surface area contributed by atoms with Crippen molar-refractivity contribution in [3.05, 3.63) is 71.8 Å². The fourth-order valence-corrected chi connectivity index (χ4v) is 4.19. The van der Waals surface area contributed by atoms with Gasteiger partial charge in [0.15, 0.2) is 6.10 Å². The van der Waals surface area contributed by atoms with Crippen LogP contribution < -0.4 is 0 Å². The Labute approximate surface area is 138 Å². The fourth-order valence-electron chi connectivity index (χ4n) is 3.58. The summed E-state index contributed by atoms with van der Waals surface area (Å²) in [6, 6.07) is 20.9. The molecular weight excluding hydrogens is 310 g/mol. The molecule has 1 saturated heterocycles. The number of quaternary nitrogens is 1. The number of likely N-dealkylation sites (N-methyl/N-ethyl adjacent to an activating group) is 1. The molecule has 0 atom stereocenters. The summed E-state index contributed by atoms with van der Waals surface area (Å²) in [5, 5.41) is 0. The minimum Gasteiger partial charge on any atom is -0.311 e. The predicted molar refractivity (Wildman–Crippen MR) is 90.4 cm³/mol. The van der Waals surface area contributed by atoms with E-state index in [0.29, 0.717) is 13.1 Å². The molecule has 0 amide bonds. The van der Waals surface area contributed by atoms with Gasteiger partial charge in [0.05, 0.1) is 13.3 Å². The zero-order chi connectivity index (χ0) is 16.5. The van der Waals surface area contributed by atoms with E-state index >= 15 is 0 Å². The van der Waals surface area contributed by atoms with Crippen LogP contribution in [0.4, 0.5) is 0 Å². The molecule has 1 aliphatic rings. The molecule has 5 heteroatoms. The van der Waals surface area contributed by atoms with Gasteiger partial charge in [-0.05, 0) is 0 Å². The number of benzene rings is 2. The van der Waals surface area contributed by atoms with Crippen LogP contribution in [0.2, 0.25) is 0 Å². The van der Waals surface area contributed by atoms with Crippen LogP contribution in [0.25, 0.3) is 0 Å². The Kier molecular flexibility index (Phi) is 4.27. The summed E-state index contributed by atoms with van der Waals surface area (Å²) in [4.78, 5) is 0. The van der Waals surface area contributed by atoms with Crippen LogP contribution >= 0.6 is 0 Å². The van der Waals surface area contributed by atoms with Crippen molar-refractivity contribution in [2.45, 2.75) is 12.1 Å². The predicted octanol–water partition coefficient (Wildman–Crippen LogP) is 2.58. The van der Waals surface area contributed by atoms with E-state index in [1.807, 2.05) is 36.4 Å². The highest BCUT2D eigenvalue weighted by atomic mass is 32.2. The van der Waals surface area contributed by atoms with Gasteiger partial charge in [-0.15, -0.1) is 0 Å². The fraction of sp³-hybridized carbons (Fsp3) is 0.333. The first-order valence-corrected chi connectivity index (χ1v) is 9.51. The Balaban J connectivity index is 1.89. The molecule has 122 valence electrons. The van der Waals surface area contributed by atoms with Crippen molar-refractivity contribution in [1.29, 1.82) is 0 Å². The Morgan fingerprint density at radius 3 is 1.78 bits per heavy atom. The number of hydrogen-bond donors (Lipinski definition) is 0. The first-order chi connectivity index (χ1) is 10.9. The van der Waals surface area contributed by atoms with Gasteiger partial charge >= 0.3 is 0 Å². The molecule has 23 heavy (non-hydrogen) atoms. The van der Waals surface area contributed by atoms with Gasteiger partial charge < -0.3 is 4.48 Å². The second kappa shape index (κ2) is 6.07. The Hall–Kier alpha value is -1.69. The molecule has 0 unspecified atom stereocenters. The molecule has 0 aromatic heterocycles. The van der Waals surface area contributed by atoms with E-state index in [1.165, 1.54) is 11.1 Å². The lowest BCUT2D eigenvalue weighted by Crippen LogP contribution is -2.66. The van der Waals surface area contributed by atoms with Gasteiger partial charge in [-0.25, -0.2) is 0 Å². The summed E-state index contributed by atoms with van der Waals surface area (Å²) in [5.74, 6) is 0. The largest absolute Gasteiger partial charge is 0.311 e. The molecule has 3 rings (SSSR count). The van der Waals surface area contributed by atoms with Crippen LogP contribution in [0.15, 0.2) is 60.7 Å². The van der Waals surface area contributed by atoms with Gasteiger partial charge in [0.2, 0.25) is 0 Å². The molecule has 0 spiro atoms. The van der Waals surface area contributed by atoms with Crippen LogP contribution in [-0.2, 0) is 14.3 Å². The zero-order valence-electron chi connectivity index (χ0n) is 13.4. The summed E-state index contributed by atoms with van der Waals surface area (Å²) >= 11 is 0. The Morgan fingerprint density at radius 1 is 0.957 bits per heavy atom. The maximum Gasteiger partial charge on any atom is 0.265 e. The molecule has 0 N–H and O–H groups in total. The molecule has 0 aliphatic carbocycles. The molecule has 4 nitrogen and oxygen atoms in total. The van der Waals surface area contributed by atoms with Gasteiger partial charge in [0.25, 0.3) is 10.1 Å². The first kappa shape index (κ1) is 16.2. The van der Waals surface area contributed by atoms with Crippen molar-refractivity contribution < 1.29 is 17.1 Å². The van der Waals surface area contributed by atoms with Crippen LogP contribution in [0, 0.1) is 0 Å². The van der Waals surface area contributed by atoms with E-state index in [-0.39, 0.29) is 12.1 Å². The monoisotopic (exact) mass is 332 g/mol. The quantitative estimate of drug-likeness (QED) is 0.624. The maximum absolute atomic E-state index is 11.3. The van der Waals surface area contributed by atoms with Gasteiger partial charge in [-0.3, -0.25) is 4.18 Å². The molecule has 2 aromatic carbocycles. The third-order valence-corrected chi connectivity index (χ3v) is 5.03. The van der Waals surface area contributed by atoms with Crippen molar-refractivity contribution in [2.75, 3.05) is 26.4 Å². The lowest BCUT2D eigenvalue weighted by atomic mass is 9.91. The van der Waals surface area contributed by atoms with E-state index in [1.54, 1.807) is 0 Å². The Bertz CT molecular complexity index is 714. The second-order valence-corrected chi connectivity index (χ2v) is 8.09. The van der Waals surface area contributed by atoms with E-state index in [9.17, 15) is 8.42 Å². The van der Waals surface area contributed by atoms with Crippen molar-refractivity contribution in [2.24, 2.45) is 0 Å². The lowest BCUT2D eigenvalue weighted by Gasteiger charge is -2.51. The molecule has 0 bridgehead atoms. The Morgan fingerprint density at radius 2 is 1.39 bits per heavy atom. The third-order valence-electron chi connectivity index (χ3n) is 4.41. The van der Waals surface area contributed by atoms with E-state index in [4.69, 9.17) is 4.18 Å². The van der Waals surface area contributed by atoms with Crippen LogP contribution in [-0.4, -0.2) is 45.4 Å². The summed E-state index contributed by atoms with van der Waals surface area (Å²) in [6.45, 7) is 1.36. The highest BCUT2D eigenvalue weighted by Crippen LogP contribution is 2.39. The number of rotatable bonds is 5. The van der Waals surface area contributed by atoms with Crippen molar-refractivity contribution in [1.82, 2.24) is 0 Å². The molecule has 1 fully saturated rings. The van der Waals surface area contributed by atoms with E-state index in [0.717, 1.165) is 10.7 Å². The van der Waals surface area contributed by atoms with Crippen LogP contribution in [0.1, 0.15) is 17.2 Å². The van der Waals surface area contributed by atoms with Crippen molar-refractivity contribution in [3.63, 3.8) is 0 Å². The third kappa shape index (κ3) is 3.63. The number of likely N-dealkylation sites (tertiary alicyclic amines) is 1.